The molecule has 0 aromatic heterocycles. The lowest BCUT2D eigenvalue weighted by molar-refractivity contribution is -0.121. The second-order valence-electron chi connectivity index (χ2n) is 4.95. The molecular formula is C17H12ClFN2OS2. The molecule has 2 aromatic carbocycles. The molecule has 1 saturated heterocycles. The van der Waals surface area contributed by atoms with Crippen LogP contribution in [-0.2, 0) is 4.79 Å². The molecule has 0 radical (unpaired) electrons. The zero-order valence-corrected chi connectivity index (χ0v) is 14.7. The number of anilines is 1. The van der Waals surface area contributed by atoms with Crippen molar-refractivity contribution in [1.29, 1.82) is 0 Å². The minimum absolute atomic E-state index is 0.197. The fraction of sp³-hybridized carbons (Fsp3) is 0.0588. The molecule has 1 heterocycles. The Morgan fingerprint density at radius 3 is 2.67 bits per heavy atom. The normalized spacial score (nSPS) is 16.1. The van der Waals surface area contributed by atoms with Crippen molar-refractivity contribution < 1.29 is 9.18 Å². The van der Waals surface area contributed by atoms with Crippen molar-refractivity contribution in [3.63, 3.8) is 0 Å². The molecule has 3 nitrogen and oxygen atoms in total. The summed E-state index contributed by atoms with van der Waals surface area (Å²) in [6.45, 7) is 0.197. The molecule has 1 aliphatic heterocycles. The lowest BCUT2D eigenvalue weighted by Crippen LogP contribution is -2.33. The van der Waals surface area contributed by atoms with Crippen LogP contribution in [0, 0.1) is 5.82 Å². The van der Waals surface area contributed by atoms with Gasteiger partial charge in [-0.2, -0.15) is 0 Å². The zero-order valence-electron chi connectivity index (χ0n) is 12.3. The molecule has 3 rings (SSSR count). The number of thioether (sulfide) groups is 1. The number of carbonyl (C=O) groups excluding carboxylic acids is 1. The van der Waals surface area contributed by atoms with E-state index in [1.807, 2.05) is 18.2 Å². The average molecular weight is 379 g/mol. The molecule has 7 heteroatoms. The molecule has 1 aliphatic rings. The van der Waals surface area contributed by atoms with Gasteiger partial charge in [0, 0.05) is 5.56 Å². The Hall–Kier alpha value is -1.89. The van der Waals surface area contributed by atoms with Crippen LogP contribution in [0.5, 0.6) is 0 Å². The molecule has 1 N–H and O–H groups in total. The zero-order chi connectivity index (χ0) is 17.1. The molecule has 2 aromatic rings. The number of carbonyl (C=O) groups is 1. The Kier molecular flexibility index (Phi) is 5.18. The first kappa shape index (κ1) is 17.0. The molecule has 24 heavy (non-hydrogen) atoms. The first-order valence-corrected chi connectivity index (χ1v) is 8.65. The number of halogens is 2. The number of benzene rings is 2. The Morgan fingerprint density at radius 1 is 1.21 bits per heavy atom. The number of thiocarbonyl (C=S) groups is 1. The fourth-order valence-corrected chi connectivity index (χ4v) is 3.59. The minimum atomic E-state index is -0.378. The second-order valence-corrected chi connectivity index (χ2v) is 7.03. The minimum Gasteiger partial charge on any atom is -0.366 e. The number of hydrogen-bond acceptors (Lipinski definition) is 4. The second kappa shape index (κ2) is 7.34. The van der Waals surface area contributed by atoms with Crippen LogP contribution in [0.3, 0.4) is 0 Å². The summed E-state index contributed by atoms with van der Waals surface area (Å²) >= 11 is 12.5. The first-order valence-electron chi connectivity index (χ1n) is 7.04. The topological polar surface area (TPSA) is 32.3 Å². The van der Waals surface area contributed by atoms with E-state index in [-0.39, 0.29) is 18.4 Å². The summed E-state index contributed by atoms with van der Waals surface area (Å²) in [6, 6.07) is 13.5. The third-order valence-electron chi connectivity index (χ3n) is 3.37. The van der Waals surface area contributed by atoms with Gasteiger partial charge >= 0.3 is 0 Å². The number of nitrogens with zero attached hydrogens (tertiary/aromatic N) is 1. The maximum Gasteiger partial charge on any atom is 0.267 e. The van der Waals surface area contributed by atoms with E-state index < -0.39 is 0 Å². The molecule has 1 fully saturated rings. The van der Waals surface area contributed by atoms with E-state index in [4.69, 9.17) is 23.8 Å². The van der Waals surface area contributed by atoms with E-state index in [0.29, 0.717) is 25.5 Å². The Morgan fingerprint density at radius 2 is 1.92 bits per heavy atom. The van der Waals surface area contributed by atoms with E-state index in [1.165, 1.54) is 17.0 Å². The van der Waals surface area contributed by atoms with Crippen molar-refractivity contribution in [2.24, 2.45) is 0 Å². The van der Waals surface area contributed by atoms with Crippen molar-refractivity contribution in [3.8, 4) is 0 Å². The van der Waals surface area contributed by atoms with Crippen molar-refractivity contribution in [1.82, 2.24) is 4.90 Å². The predicted octanol–water partition coefficient (Wildman–Crippen LogP) is 4.75. The van der Waals surface area contributed by atoms with E-state index >= 15 is 0 Å². The maximum absolute atomic E-state index is 13.7. The molecular weight excluding hydrogens is 367 g/mol. The Bertz CT molecular complexity index is 841. The molecule has 0 atom stereocenters. The summed E-state index contributed by atoms with van der Waals surface area (Å²) in [5.41, 5.74) is 1.07. The molecule has 0 bridgehead atoms. The third kappa shape index (κ3) is 3.61. The highest BCUT2D eigenvalue weighted by Crippen LogP contribution is 2.33. The third-order valence-corrected chi connectivity index (χ3v) is 5.07. The van der Waals surface area contributed by atoms with E-state index in [9.17, 15) is 9.18 Å². The molecule has 122 valence electrons. The van der Waals surface area contributed by atoms with Gasteiger partial charge < -0.3 is 5.32 Å². The first-order chi connectivity index (χ1) is 11.6. The van der Waals surface area contributed by atoms with Gasteiger partial charge in [0.1, 0.15) is 10.1 Å². The maximum atomic E-state index is 13.7. The number of hydrogen-bond donors (Lipinski definition) is 1. The van der Waals surface area contributed by atoms with Gasteiger partial charge in [-0.15, -0.1) is 0 Å². The summed E-state index contributed by atoms with van der Waals surface area (Å²) in [5, 5.41) is 3.64. The lowest BCUT2D eigenvalue weighted by atomic mass is 10.2. The SMILES string of the molecule is O=C1C(=Cc2ccccc2F)SC(=S)N1CNc1ccccc1Cl. The van der Waals surface area contributed by atoms with Crippen LogP contribution >= 0.6 is 35.6 Å². The lowest BCUT2D eigenvalue weighted by Gasteiger charge is -2.16. The van der Waals surface area contributed by atoms with Gasteiger partial charge in [0.05, 0.1) is 22.3 Å². The largest absolute Gasteiger partial charge is 0.366 e. The summed E-state index contributed by atoms with van der Waals surface area (Å²) in [4.78, 5) is 14.3. The number of nitrogens with one attached hydrogen (secondary N) is 1. The summed E-state index contributed by atoms with van der Waals surface area (Å²) in [5.74, 6) is -0.634. The van der Waals surface area contributed by atoms with Crippen molar-refractivity contribution in [2.45, 2.75) is 0 Å². The van der Waals surface area contributed by atoms with Crippen molar-refractivity contribution >= 4 is 57.6 Å². The van der Waals surface area contributed by atoms with Gasteiger partial charge in [-0.05, 0) is 24.3 Å². The Balaban J connectivity index is 1.75. The van der Waals surface area contributed by atoms with Gasteiger partial charge in [-0.25, -0.2) is 4.39 Å². The van der Waals surface area contributed by atoms with Crippen LogP contribution in [0.4, 0.5) is 10.1 Å². The molecule has 0 aliphatic carbocycles. The summed E-state index contributed by atoms with van der Waals surface area (Å²) in [7, 11) is 0. The standard InChI is InChI=1S/C17H12ClFN2OS2/c18-12-6-2-4-8-14(12)20-10-21-16(22)15(24-17(21)23)9-11-5-1-3-7-13(11)19/h1-9,20H,10H2. The highest BCUT2D eigenvalue weighted by atomic mass is 35.5. The summed E-state index contributed by atoms with van der Waals surface area (Å²) < 4.78 is 14.2. The van der Waals surface area contributed by atoms with Gasteiger partial charge in [0.2, 0.25) is 0 Å². The van der Waals surface area contributed by atoms with Crippen LogP contribution in [0.15, 0.2) is 53.4 Å². The Labute approximate surface area is 153 Å². The van der Waals surface area contributed by atoms with Crippen LogP contribution in [0.25, 0.3) is 6.08 Å². The molecule has 1 amide bonds. The fourth-order valence-electron chi connectivity index (χ4n) is 2.14. The van der Waals surface area contributed by atoms with Crippen LogP contribution in [-0.4, -0.2) is 21.8 Å². The number of para-hydroxylation sites is 1. The molecule has 0 spiro atoms. The predicted molar refractivity (Wildman–Crippen MR) is 101 cm³/mol. The van der Waals surface area contributed by atoms with Gasteiger partial charge in [0.25, 0.3) is 5.91 Å². The van der Waals surface area contributed by atoms with E-state index in [2.05, 4.69) is 5.32 Å². The van der Waals surface area contributed by atoms with Crippen LogP contribution < -0.4 is 5.32 Å². The van der Waals surface area contributed by atoms with Crippen LogP contribution in [0.2, 0.25) is 5.02 Å². The van der Waals surface area contributed by atoms with Gasteiger partial charge in [0.15, 0.2) is 0 Å². The number of amides is 1. The van der Waals surface area contributed by atoms with Gasteiger partial charge in [-0.3, -0.25) is 9.69 Å². The van der Waals surface area contributed by atoms with Crippen molar-refractivity contribution in [3.05, 3.63) is 69.8 Å². The highest BCUT2D eigenvalue weighted by Gasteiger charge is 2.32. The molecule has 0 unspecified atom stereocenters. The van der Waals surface area contributed by atoms with Gasteiger partial charge in [-0.1, -0.05) is 65.9 Å². The highest BCUT2D eigenvalue weighted by molar-refractivity contribution is 8.26. The summed E-state index contributed by atoms with van der Waals surface area (Å²) in [6.07, 6.45) is 1.52. The smallest absolute Gasteiger partial charge is 0.267 e. The van der Waals surface area contributed by atoms with E-state index in [1.54, 1.807) is 24.3 Å². The average Bonchev–Trinajstić information content (AvgIpc) is 2.83. The quantitative estimate of drug-likeness (QED) is 0.614. The van der Waals surface area contributed by atoms with E-state index in [0.717, 1.165) is 11.8 Å². The van der Waals surface area contributed by atoms with Crippen LogP contribution in [0.1, 0.15) is 5.56 Å². The number of rotatable bonds is 4. The molecule has 0 saturated carbocycles. The monoisotopic (exact) mass is 378 g/mol. The van der Waals surface area contributed by atoms with Crippen molar-refractivity contribution in [2.75, 3.05) is 12.0 Å².